The molecule has 1 saturated carbocycles. The van der Waals surface area contributed by atoms with Crippen molar-refractivity contribution in [3.63, 3.8) is 0 Å². The molecule has 1 aliphatic carbocycles. The standard InChI is InChI=1S/C36H46N4O3/c1-27-17-18-28(2)34(23-27)40-21-19-39(20-22-40)26-35(41)37-32(24-29-11-5-3-6-12-29)33(25-30-13-7-4-8-14-30)38-36(42)43-31-15-9-10-16-31/h3-8,11-14,17-18,23,31-33H,9-10,15-16,19-22,24-26H2,1-2H3,(H,37,41)(H,38,42)/t32-,33-/m0/s1. The number of anilines is 1. The number of amides is 2. The maximum Gasteiger partial charge on any atom is 0.407 e. The van der Waals surface area contributed by atoms with E-state index in [2.05, 4.69) is 76.7 Å². The van der Waals surface area contributed by atoms with E-state index in [0.29, 0.717) is 19.4 Å². The van der Waals surface area contributed by atoms with Gasteiger partial charge in [-0.05, 0) is 80.7 Å². The van der Waals surface area contributed by atoms with Gasteiger partial charge in [-0.25, -0.2) is 4.79 Å². The quantitative estimate of drug-likeness (QED) is 0.315. The monoisotopic (exact) mass is 582 g/mol. The maximum absolute atomic E-state index is 13.6. The van der Waals surface area contributed by atoms with E-state index in [1.54, 1.807) is 0 Å². The highest BCUT2D eigenvalue weighted by atomic mass is 16.6. The third-order valence-corrected chi connectivity index (χ3v) is 8.75. The third-order valence-electron chi connectivity index (χ3n) is 8.75. The van der Waals surface area contributed by atoms with E-state index in [1.165, 1.54) is 16.8 Å². The van der Waals surface area contributed by atoms with Crippen molar-refractivity contribution >= 4 is 17.7 Å². The smallest absolute Gasteiger partial charge is 0.407 e. The van der Waals surface area contributed by atoms with Crippen LogP contribution in [0.2, 0.25) is 0 Å². The Morgan fingerprint density at radius 3 is 1.98 bits per heavy atom. The Labute approximate surface area is 256 Å². The number of alkyl carbamates (subject to hydrolysis) is 1. The van der Waals surface area contributed by atoms with Gasteiger partial charge in [-0.3, -0.25) is 9.69 Å². The van der Waals surface area contributed by atoms with Crippen LogP contribution in [-0.4, -0.2) is 67.8 Å². The minimum Gasteiger partial charge on any atom is -0.446 e. The molecule has 3 aromatic rings. The van der Waals surface area contributed by atoms with Crippen LogP contribution in [0.5, 0.6) is 0 Å². The topological polar surface area (TPSA) is 73.9 Å². The van der Waals surface area contributed by atoms with Crippen molar-refractivity contribution in [1.82, 2.24) is 15.5 Å². The first-order valence-electron chi connectivity index (χ1n) is 15.8. The number of carbonyl (C=O) groups is 2. The molecular weight excluding hydrogens is 536 g/mol. The van der Waals surface area contributed by atoms with Crippen LogP contribution in [0.3, 0.4) is 0 Å². The first-order valence-corrected chi connectivity index (χ1v) is 15.8. The number of hydrogen-bond donors (Lipinski definition) is 2. The lowest BCUT2D eigenvalue weighted by atomic mass is 9.94. The van der Waals surface area contributed by atoms with Gasteiger partial charge >= 0.3 is 6.09 Å². The first-order chi connectivity index (χ1) is 20.9. The highest BCUT2D eigenvalue weighted by Gasteiger charge is 2.29. The van der Waals surface area contributed by atoms with Crippen molar-refractivity contribution < 1.29 is 14.3 Å². The zero-order valence-corrected chi connectivity index (χ0v) is 25.6. The van der Waals surface area contributed by atoms with Crippen molar-refractivity contribution in [2.24, 2.45) is 0 Å². The Kier molecular flexibility index (Phi) is 10.7. The average Bonchev–Trinajstić information content (AvgIpc) is 3.52. The van der Waals surface area contributed by atoms with Gasteiger partial charge in [-0.15, -0.1) is 0 Å². The summed E-state index contributed by atoms with van der Waals surface area (Å²) >= 11 is 0. The normalized spacial score (nSPS) is 17.3. The number of rotatable bonds is 11. The highest BCUT2D eigenvalue weighted by molar-refractivity contribution is 5.78. The number of nitrogens with zero attached hydrogens (tertiary/aromatic N) is 2. The number of ether oxygens (including phenoxy) is 1. The Hall–Kier alpha value is -3.84. The number of aryl methyl sites for hydroxylation is 2. The molecule has 1 aliphatic heterocycles. The summed E-state index contributed by atoms with van der Waals surface area (Å²) in [6.45, 7) is 8.03. The summed E-state index contributed by atoms with van der Waals surface area (Å²) in [5, 5.41) is 6.49. The summed E-state index contributed by atoms with van der Waals surface area (Å²) in [5.41, 5.74) is 6.04. The van der Waals surface area contributed by atoms with Crippen LogP contribution in [0.1, 0.15) is 47.9 Å². The second-order valence-corrected chi connectivity index (χ2v) is 12.2. The number of piperazine rings is 1. The second kappa shape index (κ2) is 15.1. The molecule has 0 spiro atoms. The van der Waals surface area contributed by atoms with Crippen LogP contribution < -0.4 is 15.5 Å². The Morgan fingerprint density at radius 2 is 1.37 bits per heavy atom. The summed E-state index contributed by atoms with van der Waals surface area (Å²) in [5.74, 6) is -0.0230. The van der Waals surface area contributed by atoms with Crippen LogP contribution in [0.15, 0.2) is 78.9 Å². The minimum absolute atomic E-state index is 0.0230. The molecule has 2 aliphatic rings. The lowest BCUT2D eigenvalue weighted by Gasteiger charge is -2.37. The van der Waals surface area contributed by atoms with Gasteiger partial charge in [-0.1, -0.05) is 72.8 Å². The molecule has 5 rings (SSSR count). The van der Waals surface area contributed by atoms with Crippen molar-refractivity contribution in [1.29, 1.82) is 0 Å². The zero-order valence-electron chi connectivity index (χ0n) is 25.6. The predicted octanol–water partition coefficient (Wildman–Crippen LogP) is 5.43. The van der Waals surface area contributed by atoms with Crippen LogP contribution >= 0.6 is 0 Å². The molecule has 7 nitrogen and oxygen atoms in total. The van der Waals surface area contributed by atoms with Crippen molar-refractivity contribution in [3.8, 4) is 0 Å². The van der Waals surface area contributed by atoms with Gasteiger partial charge in [0, 0.05) is 31.9 Å². The zero-order chi connectivity index (χ0) is 30.0. The molecule has 2 fully saturated rings. The molecule has 1 heterocycles. The summed E-state index contributed by atoms with van der Waals surface area (Å²) < 4.78 is 5.79. The number of carbonyl (C=O) groups excluding carboxylic acids is 2. The molecule has 0 aromatic heterocycles. The summed E-state index contributed by atoms with van der Waals surface area (Å²) in [4.78, 5) is 31.3. The van der Waals surface area contributed by atoms with E-state index in [1.807, 2.05) is 36.4 Å². The second-order valence-electron chi connectivity index (χ2n) is 12.2. The fraction of sp³-hybridized carbons (Fsp3) is 0.444. The fourth-order valence-electron chi connectivity index (χ4n) is 6.33. The molecule has 228 valence electrons. The largest absolute Gasteiger partial charge is 0.446 e. The number of nitrogens with one attached hydrogen (secondary N) is 2. The van der Waals surface area contributed by atoms with Gasteiger partial charge in [0.05, 0.1) is 18.6 Å². The van der Waals surface area contributed by atoms with Gasteiger partial charge < -0.3 is 20.3 Å². The highest BCUT2D eigenvalue weighted by Crippen LogP contribution is 2.23. The maximum atomic E-state index is 13.6. The van der Waals surface area contributed by atoms with E-state index in [0.717, 1.165) is 63.0 Å². The van der Waals surface area contributed by atoms with Crippen molar-refractivity contribution in [2.75, 3.05) is 37.6 Å². The summed E-state index contributed by atoms with van der Waals surface area (Å²) in [6, 6.07) is 26.2. The molecule has 43 heavy (non-hydrogen) atoms. The molecule has 2 N–H and O–H groups in total. The Morgan fingerprint density at radius 1 is 0.791 bits per heavy atom. The molecular formula is C36H46N4O3. The van der Waals surface area contributed by atoms with Gasteiger partial charge in [-0.2, -0.15) is 0 Å². The lowest BCUT2D eigenvalue weighted by Crippen LogP contribution is -2.56. The number of hydrogen-bond acceptors (Lipinski definition) is 5. The van der Waals surface area contributed by atoms with Crippen molar-refractivity contribution in [2.45, 2.75) is 70.6 Å². The minimum atomic E-state index is -0.400. The van der Waals surface area contributed by atoms with Crippen LogP contribution in [0, 0.1) is 13.8 Å². The Bertz CT molecular complexity index is 1320. The molecule has 0 bridgehead atoms. The molecule has 2 atom stereocenters. The molecule has 7 heteroatoms. The third kappa shape index (κ3) is 9.07. The van der Waals surface area contributed by atoms with Gasteiger partial charge in [0.1, 0.15) is 6.10 Å². The molecule has 0 radical (unpaired) electrons. The van der Waals surface area contributed by atoms with Gasteiger partial charge in [0.25, 0.3) is 0 Å². The molecule has 0 unspecified atom stereocenters. The van der Waals surface area contributed by atoms with Crippen LogP contribution in [0.25, 0.3) is 0 Å². The van der Waals surface area contributed by atoms with E-state index >= 15 is 0 Å². The number of benzene rings is 3. The van der Waals surface area contributed by atoms with Crippen LogP contribution in [0.4, 0.5) is 10.5 Å². The van der Waals surface area contributed by atoms with E-state index < -0.39 is 6.09 Å². The van der Waals surface area contributed by atoms with Gasteiger partial charge in [0.2, 0.25) is 5.91 Å². The average molecular weight is 583 g/mol. The lowest BCUT2D eigenvalue weighted by molar-refractivity contribution is -0.123. The SMILES string of the molecule is Cc1ccc(C)c(N2CCN(CC(=O)N[C@@H](Cc3ccccc3)[C@H](Cc3ccccc3)NC(=O)OC3CCCC3)CC2)c1. The van der Waals surface area contributed by atoms with Gasteiger partial charge in [0.15, 0.2) is 0 Å². The van der Waals surface area contributed by atoms with Crippen molar-refractivity contribution in [3.05, 3.63) is 101 Å². The van der Waals surface area contributed by atoms with E-state index in [9.17, 15) is 9.59 Å². The molecule has 3 aromatic carbocycles. The first kappa shape index (κ1) is 30.6. The van der Waals surface area contributed by atoms with Crippen LogP contribution in [-0.2, 0) is 22.4 Å². The predicted molar refractivity (Wildman–Crippen MR) is 172 cm³/mol. The molecule has 2 amide bonds. The summed E-state index contributed by atoms with van der Waals surface area (Å²) in [7, 11) is 0. The van der Waals surface area contributed by atoms with E-state index in [4.69, 9.17) is 4.74 Å². The molecule has 1 saturated heterocycles. The van der Waals surface area contributed by atoms with E-state index in [-0.39, 0.29) is 24.1 Å². The fourth-order valence-corrected chi connectivity index (χ4v) is 6.33. The Balaban J connectivity index is 1.26. The summed E-state index contributed by atoms with van der Waals surface area (Å²) in [6.07, 6.45) is 4.79.